The van der Waals surface area contributed by atoms with Crippen molar-refractivity contribution < 1.29 is 13.9 Å². The predicted octanol–water partition coefficient (Wildman–Crippen LogP) is 2.96. The highest BCUT2D eigenvalue weighted by atomic mass is 16.5. The highest BCUT2D eigenvalue weighted by Gasteiger charge is 2.25. The number of amides is 1. The highest BCUT2D eigenvalue weighted by Crippen LogP contribution is 2.29. The Morgan fingerprint density at radius 3 is 3.04 bits per heavy atom. The molecule has 1 aromatic heterocycles. The molecule has 0 spiro atoms. The van der Waals surface area contributed by atoms with Crippen LogP contribution in [0.1, 0.15) is 35.9 Å². The number of carbonyl (C=O) groups is 1. The van der Waals surface area contributed by atoms with Crippen LogP contribution in [0.25, 0.3) is 11.0 Å². The molecule has 124 valence electrons. The van der Waals surface area contributed by atoms with Gasteiger partial charge in [-0.05, 0) is 51.1 Å². The molecular weight excluding hydrogens is 292 g/mol. The van der Waals surface area contributed by atoms with E-state index in [2.05, 4.69) is 17.1 Å². The second-order valence-electron chi connectivity index (χ2n) is 6.03. The highest BCUT2D eigenvalue weighted by molar-refractivity contribution is 6.07. The summed E-state index contributed by atoms with van der Waals surface area (Å²) in [5, 5.41) is 3.88. The molecule has 1 aliphatic heterocycles. The standard InChI is InChI=1S/C18H24N2O3/c1-4-20-9-5-6-13(20)11-19-18(21)17-12(2)23-16-8-7-14(22-3)10-15(16)17/h7-8,10,13H,4-6,9,11H2,1-3H3,(H,19,21)/t13-/m1/s1. The maximum atomic E-state index is 12.7. The predicted molar refractivity (Wildman–Crippen MR) is 90.1 cm³/mol. The number of likely N-dealkylation sites (tertiary alicyclic amines) is 1. The summed E-state index contributed by atoms with van der Waals surface area (Å²) >= 11 is 0. The number of likely N-dealkylation sites (N-methyl/N-ethyl adjacent to an activating group) is 1. The maximum Gasteiger partial charge on any atom is 0.255 e. The van der Waals surface area contributed by atoms with Crippen LogP contribution in [0.15, 0.2) is 22.6 Å². The van der Waals surface area contributed by atoms with Crippen LogP contribution in [0.4, 0.5) is 0 Å². The van der Waals surface area contributed by atoms with E-state index in [9.17, 15) is 4.79 Å². The average molecular weight is 316 g/mol. The summed E-state index contributed by atoms with van der Waals surface area (Å²) in [6.45, 7) is 6.84. The van der Waals surface area contributed by atoms with E-state index in [1.165, 1.54) is 6.42 Å². The van der Waals surface area contributed by atoms with Crippen LogP contribution >= 0.6 is 0 Å². The fraction of sp³-hybridized carbons (Fsp3) is 0.500. The SMILES string of the molecule is CCN1CCC[C@@H]1CNC(=O)c1c(C)oc2ccc(OC)cc12. The van der Waals surface area contributed by atoms with E-state index in [4.69, 9.17) is 9.15 Å². The molecule has 5 heteroatoms. The van der Waals surface area contributed by atoms with Gasteiger partial charge in [-0.2, -0.15) is 0 Å². The van der Waals surface area contributed by atoms with Gasteiger partial charge < -0.3 is 14.5 Å². The van der Waals surface area contributed by atoms with Crippen LogP contribution in [-0.2, 0) is 0 Å². The molecule has 23 heavy (non-hydrogen) atoms. The zero-order valence-electron chi connectivity index (χ0n) is 14.0. The molecule has 5 nitrogen and oxygen atoms in total. The number of fused-ring (bicyclic) bond motifs is 1. The zero-order valence-corrected chi connectivity index (χ0v) is 14.0. The summed E-state index contributed by atoms with van der Waals surface area (Å²) in [6, 6.07) is 5.98. The summed E-state index contributed by atoms with van der Waals surface area (Å²) < 4.78 is 11.0. The molecule has 1 fully saturated rings. The maximum absolute atomic E-state index is 12.7. The topological polar surface area (TPSA) is 54.7 Å². The lowest BCUT2D eigenvalue weighted by atomic mass is 10.1. The van der Waals surface area contributed by atoms with E-state index in [-0.39, 0.29) is 5.91 Å². The molecule has 2 heterocycles. The minimum absolute atomic E-state index is 0.0718. The Balaban J connectivity index is 1.79. The molecule has 0 saturated carbocycles. The third-order valence-corrected chi connectivity index (χ3v) is 4.70. The lowest BCUT2D eigenvalue weighted by Gasteiger charge is -2.22. The van der Waals surface area contributed by atoms with Crippen molar-refractivity contribution in [3.63, 3.8) is 0 Å². The summed E-state index contributed by atoms with van der Waals surface area (Å²) in [7, 11) is 1.62. The summed E-state index contributed by atoms with van der Waals surface area (Å²) in [5.41, 5.74) is 1.32. The fourth-order valence-electron chi connectivity index (χ4n) is 3.45. The molecular formula is C18H24N2O3. The van der Waals surface area contributed by atoms with Crippen LogP contribution < -0.4 is 10.1 Å². The van der Waals surface area contributed by atoms with E-state index in [1.54, 1.807) is 7.11 Å². The number of benzene rings is 1. The number of ether oxygens (including phenoxy) is 1. The molecule has 1 N–H and O–H groups in total. The first-order chi connectivity index (χ1) is 11.1. The third-order valence-electron chi connectivity index (χ3n) is 4.70. The molecule has 0 bridgehead atoms. The molecule has 1 amide bonds. The van der Waals surface area contributed by atoms with Crippen LogP contribution in [0.5, 0.6) is 5.75 Å². The molecule has 0 aliphatic carbocycles. The quantitative estimate of drug-likeness (QED) is 0.921. The Morgan fingerprint density at radius 2 is 2.30 bits per heavy atom. The molecule has 1 atom stereocenters. The first kappa shape index (κ1) is 15.9. The van der Waals surface area contributed by atoms with Crippen molar-refractivity contribution in [1.29, 1.82) is 0 Å². The van der Waals surface area contributed by atoms with E-state index >= 15 is 0 Å². The number of hydrogen-bond acceptors (Lipinski definition) is 4. The van der Waals surface area contributed by atoms with Gasteiger partial charge in [-0.3, -0.25) is 9.69 Å². The second kappa shape index (κ2) is 6.62. The van der Waals surface area contributed by atoms with E-state index < -0.39 is 0 Å². The number of hydrogen-bond donors (Lipinski definition) is 1. The number of furan rings is 1. The molecule has 3 rings (SSSR count). The molecule has 0 radical (unpaired) electrons. The van der Waals surface area contributed by atoms with Crippen molar-refractivity contribution >= 4 is 16.9 Å². The number of nitrogens with one attached hydrogen (secondary N) is 1. The van der Waals surface area contributed by atoms with E-state index in [0.717, 1.165) is 30.6 Å². The van der Waals surface area contributed by atoms with Gasteiger partial charge in [-0.25, -0.2) is 0 Å². The van der Waals surface area contributed by atoms with Gasteiger partial charge >= 0.3 is 0 Å². The molecule has 1 aliphatic rings. The minimum atomic E-state index is -0.0718. The van der Waals surface area contributed by atoms with Crippen LogP contribution in [-0.4, -0.2) is 43.6 Å². The minimum Gasteiger partial charge on any atom is -0.497 e. The molecule has 0 unspecified atom stereocenters. The third kappa shape index (κ3) is 3.06. The first-order valence-electron chi connectivity index (χ1n) is 8.23. The van der Waals surface area contributed by atoms with Gasteiger partial charge in [-0.1, -0.05) is 6.92 Å². The Bertz CT molecular complexity index is 708. The van der Waals surface area contributed by atoms with Gasteiger partial charge in [0, 0.05) is 18.0 Å². The number of rotatable bonds is 5. The van der Waals surface area contributed by atoms with Gasteiger partial charge in [0.2, 0.25) is 0 Å². The van der Waals surface area contributed by atoms with Crippen LogP contribution in [0, 0.1) is 6.92 Å². The van der Waals surface area contributed by atoms with Crippen molar-refractivity contribution in [3.8, 4) is 5.75 Å². The van der Waals surface area contributed by atoms with E-state index in [1.807, 2.05) is 25.1 Å². The zero-order chi connectivity index (χ0) is 16.4. The normalized spacial score (nSPS) is 18.5. The summed E-state index contributed by atoms with van der Waals surface area (Å²) in [6.07, 6.45) is 2.35. The van der Waals surface area contributed by atoms with Gasteiger partial charge in [0.15, 0.2) is 0 Å². The van der Waals surface area contributed by atoms with Crippen molar-refractivity contribution in [2.45, 2.75) is 32.7 Å². The van der Waals surface area contributed by atoms with Gasteiger partial charge in [0.1, 0.15) is 17.1 Å². The van der Waals surface area contributed by atoms with Crippen LogP contribution in [0.3, 0.4) is 0 Å². The fourth-order valence-corrected chi connectivity index (χ4v) is 3.45. The molecule has 2 aromatic rings. The Morgan fingerprint density at radius 1 is 1.48 bits per heavy atom. The van der Waals surface area contributed by atoms with Gasteiger partial charge in [0.25, 0.3) is 5.91 Å². The number of carbonyl (C=O) groups excluding carboxylic acids is 1. The lowest BCUT2D eigenvalue weighted by Crippen LogP contribution is -2.40. The molecule has 1 saturated heterocycles. The number of aryl methyl sites for hydroxylation is 1. The second-order valence-corrected chi connectivity index (χ2v) is 6.03. The number of methoxy groups -OCH3 is 1. The lowest BCUT2D eigenvalue weighted by molar-refractivity contribution is 0.0941. The van der Waals surface area contributed by atoms with Crippen molar-refractivity contribution in [2.75, 3.05) is 26.7 Å². The smallest absolute Gasteiger partial charge is 0.255 e. The van der Waals surface area contributed by atoms with Crippen LogP contribution in [0.2, 0.25) is 0 Å². The Hall–Kier alpha value is -2.01. The summed E-state index contributed by atoms with van der Waals surface area (Å²) in [5.74, 6) is 1.29. The summed E-state index contributed by atoms with van der Waals surface area (Å²) in [4.78, 5) is 15.1. The average Bonchev–Trinajstić information content (AvgIpc) is 3.14. The Labute approximate surface area is 136 Å². The first-order valence-corrected chi connectivity index (χ1v) is 8.23. The van der Waals surface area contributed by atoms with Crippen molar-refractivity contribution in [2.24, 2.45) is 0 Å². The number of nitrogens with zero attached hydrogens (tertiary/aromatic N) is 1. The largest absolute Gasteiger partial charge is 0.497 e. The Kier molecular flexibility index (Phi) is 4.57. The van der Waals surface area contributed by atoms with Crippen molar-refractivity contribution in [3.05, 3.63) is 29.5 Å². The van der Waals surface area contributed by atoms with Gasteiger partial charge in [0.05, 0.1) is 12.7 Å². The monoisotopic (exact) mass is 316 g/mol. The van der Waals surface area contributed by atoms with E-state index in [0.29, 0.717) is 29.5 Å². The molecule has 1 aromatic carbocycles. The van der Waals surface area contributed by atoms with Crippen molar-refractivity contribution in [1.82, 2.24) is 10.2 Å². The van der Waals surface area contributed by atoms with Gasteiger partial charge in [-0.15, -0.1) is 0 Å².